The predicted molar refractivity (Wildman–Crippen MR) is 72.3 cm³/mol. The lowest BCUT2D eigenvalue weighted by atomic mass is 9.89. The van der Waals surface area contributed by atoms with E-state index in [2.05, 4.69) is 5.32 Å². The molecule has 4 heteroatoms. The molecule has 0 aromatic heterocycles. The van der Waals surface area contributed by atoms with Gasteiger partial charge in [-0.15, -0.1) is 0 Å². The van der Waals surface area contributed by atoms with Gasteiger partial charge in [0.1, 0.15) is 5.75 Å². The summed E-state index contributed by atoms with van der Waals surface area (Å²) in [6.45, 7) is 4.93. The number of para-hydroxylation sites is 1. The van der Waals surface area contributed by atoms with Gasteiger partial charge < -0.3 is 15.8 Å². The van der Waals surface area contributed by atoms with Crippen molar-refractivity contribution >= 4 is 5.91 Å². The summed E-state index contributed by atoms with van der Waals surface area (Å²) in [6, 6.07) is 7.65. The number of hydrogen-bond donors (Lipinski definition) is 2. The Morgan fingerprint density at radius 3 is 2.67 bits per heavy atom. The molecule has 100 valence electrons. The maximum atomic E-state index is 11.8. The summed E-state index contributed by atoms with van der Waals surface area (Å²) in [5.74, 6) is 0.798. The molecule has 0 saturated heterocycles. The molecule has 0 bridgehead atoms. The van der Waals surface area contributed by atoms with Crippen LogP contribution in [0.25, 0.3) is 0 Å². The Labute approximate surface area is 109 Å². The largest absolute Gasteiger partial charge is 0.496 e. The van der Waals surface area contributed by atoms with E-state index in [0.717, 1.165) is 11.3 Å². The zero-order valence-corrected chi connectivity index (χ0v) is 11.3. The molecule has 0 radical (unpaired) electrons. The zero-order chi connectivity index (χ0) is 13.6. The number of rotatable bonds is 6. The summed E-state index contributed by atoms with van der Waals surface area (Å²) in [4.78, 5) is 11.8. The Morgan fingerprint density at radius 1 is 1.39 bits per heavy atom. The molecule has 0 spiro atoms. The molecule has 0 heterocycles. The minimum atomic E-state index is -0.162. The standard InChI is InChI=1S/C14H22N2O2/c1-14(2,10-15)8-13(17)16-9-11-6-4-5-7-12(11)18-3/h4-7H,8-10,15H2,1-3H3,(H,16,17). The Kier molecular flexibility index (Phi) is 5.16. The molecular weight excluding hydrogens is 228 g/mol. The van der Waals surface area contributed by atoms with Crippen molar-refractivity contribution in [2.75, 3.05) is 13.7 Å². The first-order valence-electron chi connectivity index (χ1n) is 6.07. The van der Waals surface area contributed by atoms with Crippen molar-refractivity contribution < 1.29 is 9.53 Å². The third-order valence-corrected chi connectivity index (χ3v) is 2.86. The molecule has 0 aliphatic rings. The fraction of sp³-hybridized carbons (Fsp3) is 0.500. The van der Waals surface area contributed by atoms with E-state index < -0.39 is 0 Å². The molecule has 4 nitrogen and oxygen atoms in total. The molecule has 0 fully saturated rings. The zero-order valence-electron chi connectivity index (χ0n) is 11.3. The smallest absolute Gasteiger partial charge is 0.220 e. The number of benzene rings is 1. The van der Waals surface area contributed by atoms with Gasteiger partial charge in [0, 0.05) is 18.5 Å². The highest BCUT2D eigenvalue weighted by atomic mass is 16.5. The van der Waals surface area contributed by atoms with Crippen molar-refractivity contribution in [1.29, 1.82) is 0 Å². The quantitative estimate of drug-likeness (QED) is 0.807. The number of nitrogens with one attached hydrogen (secondary N) is 1. The fourth-order valence-corrected chi connectivity index (χ4v) is 1.61. The SMILES string of the molecule is COc1ccccc1CNC(=O)CC(C)(C)CN. The third-order valence-electron chi connectivity index (χ3n) is 2.86. The van der Waals surface area contributed by atoms with Gasteiger partial charge in [0.15, 0.2) is 0 Å². The second kappa shape index (κ2) is 6.40. The maximum Gasteiger partial charge on any atom is 0.220 e. The molecule has 0 atom stereocenters. The monoisotopic (exact) mass is 250 g/mol. The molecule has 1 amide bonds. The van der Waals surface area contributed by atoms with Gasteiger partial charge in [0.25, 0.3) is 0 Å². The average Bonchev–Trinajstić information content (AvgIpc) is 2.36. The van der Waals surface area contributed by atoms with Gasteiger partial charge in [-0.2, -0.15) is 0 Å². The van der Waals surface area contributed by atoms with E-state index in [4.69, 9.17) is 10.5 Å². The Hall–Kier alpha value is -1.55. The van der Waals surface area contributed by atoms with E-state index >= 15 is 0 Å². The lowest BCUT2D eigenvalue weighted by molar-refractivity contribution is -0.123. The lowest BCUT2D eigenvalue weighted by Crippen LogP contribution is -2.32. The molecule has 0 unspecified atom stereocenters. The van der Waals surface area contributed by atoms with Crippen LogP contribution < -0.4 is 15.8 Å². The number of ether oxygens (including phenoxy) is 1. The molecule has 1 aromatic carbocycles. The van der Waals surface area contributed by atoms with Crippen LogP contribution in [0, 0.1) is 5.41 Å². The van der Waals surface area contributed by atoms with Crippen LogP contribution in [0.15, 0.2) is 24.3 Å². The number of carbonyl (C=O) groups is 1. The van der Waals surface area contributed by atoms with Crippen molar-refractivity contribution in [2.45, 2.75) is 26.8 Å². The highest BCUT2D eigenvalue weighted by Crippen LogP contribution is 2.19. The van der Waals surface area contributed by atoms with Gasteiger partial charge in [-0.25, -0.2) is 0 Å². The number of hydrogen-bond acceptors (Lipinski definition) is 3. The van der Waals surface area contributed by atoms with Crippen molar-refractivity contribution in [3.8, 4) is 5.75 Å². The van der Waals surface area contributed by atoms with E-state index in [1.54, 1.807) is 7.11 Å². The van der Waals surface area contributed by atoms with E-state index in [0.29, 0.717) is 19.5 Å². The average molecular weight is 250 g/mol. The topological polar surface area (TPSA) is 64.3 Å². The van der Waals surface area contributed by atoms with Crippen LogP contribution in [-0.2, 0) is 11.3 Å². The van der Waals surface area contributed by atoms with Crippen LogP contribution >= 0.6 is 0 Å². The highest BCUT2D eigenvalue weighted by molar-refractivity contribution is 5.76. The van der Waals surface area contributed by atoms with Crippen LogP contribution in [0.1, 0.15) is 25.8 Å². The first-order chi connectivity index (χ1) is 8.48. The summed E-state index contributed by atoms with van der Waals surface area (Å²) in [6.07, 6.45) is 0.429. The molecule has 3 N–H and O–H groups in total. The molecule has 0 saturated carbocycles. The van der Waals surface area contributed by atoms with Crippen LogP contribution in [0.2, 0.25) is 0 Å². The lowest BCUT2D eigenvalue weighted by Gasteiger charge is -2.21. The van der Waals surface area contributed by atoms with Gasteiger partial charge in [-0.3, -0.25) is 4.79 Å². The Bertz CT molecular complexity index is 403. The summed E-state index contributed by atoms with van der Waals surface area (Å²) in [7, 11) is 1.62. The molecule has 1 aromatic rings. The molecule has 0 aliphatic carbocycles. The number of carbonyl (C=O) groups excluding carboxylic acids is 1. The van der Waals surface area contributed by atoms with E-state index in [1.165, 1.54) is 0 Å². The van der Waals surface area contributed by atoms with Crippen molar-refractivity contribution in [2.24, 2.45) is 11.1 Å². The summed E-state index contributed by atoms with van der Waals surface area (Å²) >= 11 is 0. The maximum absolute atomic E-state index is 11.8. The first kappa shape index (κ1) is 14.5. The van der Waals surface area contributed by atoms with Gasteiger partial charge in [-0.05, 0) is 18.0 Å². The van der Waals surface area contributed by atoms with Crippen LogP contribution in [0.3, 0.4) is 0 Å². The highest BCUT2D eigenvalue weighted by Gasteiger charge is 2.19. The molecular formula is C14H22N2O2. The predicted octanol–water partition coefficient (Wildman–Crippen LogP) is 1.69. The Balaban J connectivity index is 2.52. The minimum Gasteiger partial charge on any atom is -0.496 e. The summed E-state index contributed by atoms with van der Waals surface area (Å²) < 4.78 is 5.23. The van der Waals surface area contributed by atoms with Crippen molar-refractivity contribution in [1.82, 2.24) is 5.32 Å². The van der Waals surface area contributed by atoms with E-state index in [9.17, 15) is 4.79 Å². The van der Waals surface area contributed by atoms with Gasteiger partial charge in [0.05, 0.1) is 7.11 Å². The number of amides is 1. The van der Waals surface area contributed by atoms with Gasteiger partial charge >= 0.3 is 0 Å². The molecule has 18 heavy (non-hydrogen) atoms. The van der Waals surface area contributed by atoms with E-state index in [1.807, 2.05) is 38.1 Å². The number of methoxy groups -OCH3 is 1. The van der Waals surface area contributed by atoms with Crippen molar-refractivity contribution in [3.05, 3.63) is 29.8 Å². The van der Waals surface area contributed by atoms with Crippen LogP contribution in [-0.4, -0.2) is 19.6 Å². The summed E-state index contributed by atoms with van der Waals surface area (Å²) in [5.41, 5.74) is 6.42. The normalized spacial score (nSPS) is 11.1. The van der Waals surface area contributed by atoms with Crippen molar-refractivity contribution in [3.63, 3.8) is 0 Å². The third kappa shape index (κ3) is 4.37. The molecule has 1 rings (SSSR count). The van der Waals surface area contributed by atoms with Crippen LogP contribution in [0.4, 0.5) is 0 Å². The minimum absolute atomic E-state index is 0.0105. The second-order valence-electron chi connectivity index (χ2n) is 5.13. The first-order valence-corrected chi connectivity index (χ1v) is 6.07. The summed E-state index contributed by atoms with van der Waals surface area (Å²) in [5, 5.41) is 2.89. The Morgan fingerprint density at radius 2 is 2.06 bits per heavy atom. The second-order valence-corrected chi connectivity index (χ2v) is 5.13. The van der Waals surface area contributed by atoms with Gasteiger partial charge in [0.2, 0.25) is 5.91 Å². The molecule has 0 aliphatic heterocycles. The van der Waals surface area contributed by atoms with Crippen LogP contribution in [0.5, 0.6) is 5.75 Å². The number of nitrogens with two attached hydrogens (primary N) is 1. The van der Waals surface area contributed by atoms with E-state index in [-0.39, 0.29) is 11.3 Å². The fourth-order valence-electron chi connectivity index (χ4n) is 1.61. The van der Waals surface area contributed by atoms with Gasteiger partial charge in [-0.1, -0.05) is 32.0 Å².